The van der Waals surface area contributed by atoms with Crippen molar-refractivity contribution < 1.29 is 4.79 Å². The van der Waals surface area contributed by atoms with Gasteiger partial charge in [0.2, 0.25) is 0 Å². The van der Waals surface area contributed by atoms with Crippen molar-refractivity contribution in [3.8, 4) is 5.69 Å². The Morgan fingerprint density at radius 3 is 2.44 bits per heavy atom. The highest BCUT2D eigenvalue weighted by molar-refractivity contribution is 5.67. The third kappa shape index (κ3) is 1.89. The normalized spacial score (nSPS) is 11.4. The zero-order valence-corrected chi connectivity index (χ0v) is 9.42. The summed E-state index contributed by atoms with van der Waals surface area (Å²) in [6.07, 6.45) is 4.60. The molecule has 0 saturated carbocycles. The fraction of sp³-hybridized carbons (Fsp3) is 0.231. The van der Waals surface area contributed by atoms with Gasteiger partial charge in [0.1, 0.15) is 6.29 Å². The van der Waals surface area contributed by atoms with Gasteiger partial charge in [0.05, 0.1) is 5.69 Å². The van der Waals surface area contributed by atoms with E-state index in [0.717, 1.165) is 17.5 Å². The number of hydrogen-bond donors (Lipinski definition) is 0. The predicted octanol–water partition coefficient (Wildman–Crippen LogP) is 2.35. The van der Waals surface area contributed by atoms with E-state index in [9.17, 15) is 4.79 Å². The summed E-state index contributed by atoms with van der Waals surface area (Å²) < 4.78 is 1.79. The fourth-order valence-electron chi connectivity index (χ4n) is 1.53. The average Bonchev–Trinajstić information content (AvgIpc) is 2.83. The second-order valence-electron chi connectivity index (χ2n) is 4.34. The van der Waals surface area contributed by atoms with Crippen LogP contribution in [0.4, 0.5) is 0 Å². The zero-order chi connectivity index (χ0) is 11.6. The lowest BCUT2D eigenvalue weighted by atomic mass is 9.86. The highest BCUT2D eigenvalue weighted by Gasteiger charge is 2.18. The van der Waals surface area contributed by atoms with Gasteiger partial charge >= 0.3 is 0 Å². The monoisotopic (exact) mass is 214 g/mol. The average molecular weight is 214 g/mol. The van der Waals surface area contributed by atoms with Crippen LogP contribution in [0.1, 0.15) is 19.4 Å². The van der Waals surface area contributed by atoms with E-state index in [1.807, 2.05) is 50.4 Å². The maximum atomic E-state index is 10.9. The molecule has 0 N–H and O–H groups in total. The molecule has 0 unspecified atom stereocenters. The molecule has 0 saturated heterocycles. The van der Waals surface area contributed by atoms with Crippen molar-refractivity contribution in [1.82, 2.24) is 9.78 Å². The second-order valence-corrected chi connectivity index (χ2v) is 4.34. The fourth-order valence-corrected chi connectivity index (χ4v) is 1.53. The summed E-state index contributed by atoms with van der Waals surface area (Å²) in [5.41, 5.74) is 1.58. The first kappa shape index (κ1) is 10.6. The van der Waals surface area contributed by atoms with Crippen molar-refractivity contribution in [2.24, 2.45) is 0 Å². The van der Waals surface area contributed by atoms with Crippen molar-refractivity contribution >= 4 is 6.29 Å². The third-order valence-corrected chi connectivity index (χ3v) is 2.67. The molecule has 16 heavy (non-hydrogen) atoms. The van der Waals surface area contributed by atoms with Crippen LogP contribution in [-0.2, 0) is 10.2 Å². The topological polar surface area (TPSA) is 34.9 Å². The predicted molar refractivity (Wildman–Crippen MR) is 62.7 cm³/mol. The smallest absolute Gasteiger partial charge is 0.129 e. The van der Waals surface area contributed by atoms with E-state index in [0.29, 0.717) is 0 Å². The highest BCUT2D eigenvalue weighted by atomic mass is 16.1. The molecule has 0 aliphatic carbocycles. The standard InChI is InChI=1S/C13H14N2O/c1-13(2,10-16)11-4-6-12(7-5-11)15-9-3-8-14-15/h3-10H,1-2H3. The lowest BCUT2D eigenvalue weighted by Crippen LogP contribution is -2.18. The lowest BCUT2D eigenvalue weighted by molar-refractivity contribution is -0.111. The van der Waals surface area contributed by atoms with Crippen molar-refractivity contribution in [1.29, 1.82) is 0 Å². The summed E-state index contributed by atoms with van der Waals surface area (Å²) in [5, 5.41) is 4.15. The Bertz CT molecular complexity index is 469. The number of carbonyl (C=O) groups excluding carboxylic acids is 1. The van der Waals surface area contributed by atoms with Crippen LogP contribution in [0, 0.1) is 0 Å². The van der Waals surface area contributed by atoms with E-state index in [1.54, 1.807) is 10.9 Å². The largest absolute Gasteiger partial charge is 0.302 e. The molecule has 1 aromatic carbocycles. The molecule has 0 spiro atoms. The summed E-state index contributed by atoms with van der Waals surface area (Å²) in [5.74, 6) is 0. The Hall–Kier alpha value is -1.90. The molecule has 0 aliphatic rings. The molecule has 1 heterocycles. The van der Waals surface area contributed by atoms with Gasteiger partial charge in [-0.15, -0.1) is 0 Å². The van der Waals surface area contributed by atoms with Gasteiger partial charge in [0.15, 0.2) is 0 Å². The molecule has 82 valence electrons. The van der Waals surface area contributed by atoms with Gasteiger partial charge in [-0.25, -0.2) is 4.68 Å². The number of benzene rings is 1. The maximum Gasteiger partial charge on any atom is 0.129 e. The van der Waals surface area contributed by atoms with Gasteiger partial charge in [-0.3, -0.25) is 0 Å². The van der Waals surface area contributed by atoms with E-state index in [2.05, 4.69) is 5.10 Å². The number of aldehydes is 1. The van der Waals surface area contributed by atoms with Gasteiger partial charge in [-0.1, -0.05) is 12.1 Å². The first-order chi connectivity index (χ1) is 7.63. The Kier molecular flexibility index (Phi) is 2.60. The van der Waals surface area contributed by atoms with E-state index in [4.69, 9.17) is 0 Å². The van der Waals surface area contributed by atoms with Crippen LogP contribution in [0.5, 0.6) is 0 Å². The number of rotatable bonds is 3. The molecule has 2 rings (SSSR count). The van der Waals surface area contributed by atoms with Crippen LogP contribution >= 0.6 is 0 Å². The molecule has 0 bridgehead atoms. The van der Waals surface area contributed by atoms with Crippen LogP contribution in [0.3, 0.4) is 0 Å². The summed E-state index contributed by atoms with van der Waals surface area (Å²) >= 11 is 0. The Morgan fingerprint density at radius 2 is 1.94 bits per heavy atom. The van der Waals surface area contributed by atoms with Gasteiger partial charge < -0.3 is 4.79 Å². The van der Waals surface area contributed by atoms with Crippen molar-refractivity contribution in [2.75, 3.05) is 0 Å². The minimum Gasteiger partial charge on any atom is -0.302 e. The number of hydrogen-bond acceptors (Lipinski definition) is 2. The Labute approximate surface area is 94.7 Å². The summed E-state index contributed by atoms with van der Waals surface area (Å²) in [6, 6.07) is 9.74. The molecular formula is C13H14N2O. The maximum absolute atomic E-state index is 10.9. The first-order valence-electron chi connectivity index (χ1n) is 5.20. The first-order valence-corrected chi connectivity index (χ1v) is 5.20. The summed E-state index contributed by atoms with van der Waals surface area (Å²) in [7, 11) is 0. The number of carbonyl (C=O) groups is 1. The van der Waals surface area contributed by atoms with E-state index >= 15 is 0 Å². The Morgan fingerprint density at radius 1 is 1.25 bits per heavy atom. The second kappa shape index (κ2) is 3.93. The lowest BCUT2D eigenvalue weighted by Gasteiger charge is -2.17. The summed E-state index contributed by atoms with van der Waals surface area (Å²) in [4.78, 5) is 10.9. The van der Waals surface area contributed by atoms with Gasteiger partial charge in [-0.2, -0.15) is 5.10 Å². The Balaban J connectivity index is 2.34. The van der Waals surface area contributed by atoms with E-state index in [-0.39, 0.29) is 0 Å². The number of aromatic nitrogens is 2. The molecule has 0 aliphatic heterocycles. The SMILES string of the molecule is CC(C)(C=O)c1ccc(-n2cccn2)cc1. The quantitative estimate of drug-likeness (QED) is 0.735. The van der Waals surface area contributed by atoms with Gasteiger partial charge in [0, 0.05) is 17.8 Å². The molecular weight excluding hydrogens is 200 g/mol. The molecule has 0 amide bonds. The zero-order valence-electron chi connectivity index (χ0n) is 9.42. The third-order valence-electron chi connectivity index (χ3n) is 2.67. The number of nitrogens with zero attached hydrogens (tertiary/aromatic N) is 2. The van der Waals surface area contributed by atoms with E-state index in [1.165, 1.54) is 0 Å². The molecule has 0 atom stereocenters. The highest BCUT2D eigenvalue weighted by Crippen LogP contribution is 2.21. The van der Waals surface area contributed by atoms with Crippen molar-refractivity contribution in [3.63, 3.8) is 0 Å². The molecule has 1 aromatic heterocycles. The minimum absolute atomic E-state index is 0.428. The summed E-state index contributed by atoms with van der Waals surface area (Å²) in [6.45, 7) is 3.81. The molecule has 2 aromatic rings. The molecule has 0 radical (unpaired) electrons. The molecule has 3 nitrogen and oxygen atoms in total. The molecule has 3 heteroatoms. The van der Waals surface area contributed by atoms with E-state index < -0.39 is 5.41 Å². The van der Waals surface area contributed by atoms with Crippen LogP contribution < -0.4 is 0 Å². The van der Waals surface area contributed by atoms with Gasteiger partial charge in [-0.05, 0) is 37.6 Å². The molecule has 0 fully saturated rings. The van der Waals surface area contributed by atoms with Gasteiger partial charge in [0.25, 0.3) is 0 Å². The van der Waals surface area contributed by atoms with Crippen molar-refractivity contribution in [2.45, 2.75) is 19.3 Å². The van der Waals surface area contributed by atoms with Crippen LogP contribution in [0.15, 0.2) is 42.7 Å². The van der Waals surface area contributed by atoms with Crippen LogP contribution in [0.25, 0.3) is 5.69 Å². The van der Waals surface area contributed by atoms with Crippen molar-refractivity contribution in [3.05, 3.63) is 48.3 Å². The van der Waals surface area contributed by atoms with Crippen LogP contribution in [0.2, 0.25) is 0 Å². The minimum atomic E-state index is -0.428. The van der Waals surface area contributed by atoms with Crippen LogP contribution in [-0.4, -0.2) is 16.1 Å².